The number of aromatic carboxylic acids is 1. The van der Waals surface area contributed by atoms with Gasteiger partial charge in [-0.25, -0.2) is 4.79 Å². The van der Waals surface area contributed by atoms with E-state index >= 15 is 0 Å². The number of fused-ring (bicyclic) bond motifs is 4. The Balaban J connectivity index is 1.49. The van der Waals surface area contributed by atoms with E-state index in [2.05, 4.69) is 17.0 Å². The van der Waals surface area contributed by atoms with E-state index in [1.54, 1.807) is 34.9 Å². The molecule has 0 aliphatic carbocycles. The number of carbonyl (C=O) groups is 1. The zero-order valence-electron chi connectivity index (χ0n) is 16.6. The van der Waals surface area contributed by atoms with Crippen LogP contribution in [-0.2, 0) is 25.9 Å². The third-order valence-corrected chi connectivity index (χ3v) is 7.10. The molecule has 2 unspecified atom stereocenters. The Kier molecular flexibility index (Phi) is 5.03. The van der Waals surface area contributed by atoms with Gasteiger partial charge >= 0.3 is 5.97 Å². The Labute approximate surface area is 189 Å². The molecule has 1 aromatic heterocycles. The highest BCUT2D eigenvalue weighted by Gasteiger charge is 2.40. The number of rotatable bonds is 4. The van der Waals surface area contributed by atoms with E-state index in [0.29, 0.717) is 19.5 Å². The molecule has 158 valence electrons. The third kappa shape index (κ3) is 3.42. The SMILES string of the molecule is O=C(O)c1ccc(CCn2c3c(cc(Cl)c2=O)C(Cl)C2Cc4ccccc4N2C3)cc1. The Morgan fingerprint density at radius 1 is 1.13 bits per heavy atom. The number of alkyl halides is 1. The molecule has 2 aliphatic heterocycles. The van der Waals surface area contributed by atoms with Crippen LogP contribution in [0.15, 0.2) is 59.4 Å². The number of carboxylic acid groups (broad SMARTS) is 1. The fourth-order valence-electron chi connectivity index (χ4n) is 4.71. The minimum atomic E-state index is -0.958. The highest BCUT2D eigenvalue weighted by molar-refractivity contribution is 6.30. The second kappa shape index (κ2) is 7.74. The maximum absolute atomic E-state index is 12.9. The predicted molar refractivity (Wildman–Crippen MR) is 122 cm³/mol. The molecule has 3 heterocycles. The molecule has 0 amide bonds. The summed E-state index contributed by atoms with van der Waals surface area (Å²) in [5.41, 5.74) is 5.22. The van der Waals surface area contributed by atoms with Gasteiger partial charge in [0, 0.05) is 17.9 Å². The molecule has 5 nitrogen and oxygen atoms in total. The zero-order valence-corrected chi connectivity index (χ0v) is 18.1. The number of aromatic nitrogens is 1. The Bertz CT molecular complexity index is 1240. The van der Waals surface area contributed by atoms with Crippen LogP contribution in [0.1, 0.15) is 38.1 Å². The molecule has 2 aromatic carbocycles. The van der Waals surface area contributed by atoms with Crippen molar-refractivity contribution in [2.75, 3.05) is 4.90 Å². The molecule has 1 N–H and O–H groups in total. The van der Waals surface area contributed by atoms with Crippen molar-refractivity contribution in [3.05, 3.63) is 97.9 Å². The molecule has 0 spiro atoms. The second-order valence-corrected chi connectivity index (χ2v) is 8.91. The van der Waals surface area contributed by atoms with E-state index in [4.69, 9.17) is 28.3 Å². The summed E-state index contributed by atoms with van der Waals surface area (Å²) in [5.74, 6) is -0.958. The van der Waals surface area contributed by atoms with Crippen LogP contribution in [0.4, 0.5) is 5.69 Å². The lowest BCUT2D eigenvalue weighted by molar-refractivity contribution is 0.0697. The van der Waals surface area contributed by atoms with Crippen LogP contribution >= 0.6 is 23.2 Å². The monoisotopic (exact) mass is 454 g/mol. The van der Waals surface area contributed by atoms with E-state index < -0.39 is 5.97 Å². The van der Waals surface area contributed by atoms with Crippen molar-refractivity contribution < 1.29 is 9.90 Å². The van der Waals surface area contributed by atoms with Gasteiger partial charge < -0.3 is 14.6 Å². The average Bonchev–Trinajstić information content (AvgIpc) is 3.14. The number of carboxylic acids is 1. The van der Waals surface area contributed by atoms with Gasteiger partial charge in [-0.05, 0) is 53.8 Å². The maximum atomic E-state index is 12.9. The first-order valence-corrected chi connectivity index (χ1v) is 11.0. The summed E-state index contributed by atoms with van der Waals surface area (Å²) in [5, 5.41) is 8.98. The Morgan fingerprint density at radius 3 is 2.61 bits per heavy atom. The number of halogens is 2. The Morgan fingerprint density at radius 2 is 1.87 bits per heavy atom. The number of hydrogen-bond acceptors (Lipinski definition) is 3. The van der Waals surface area contributed by atoms with Gasteiger partial charge in [0.2, 0.25) is 0 Å². The lowest BCUT2D eigenvalue weighted by atomic mass is 9.96. The van der Waals surface area contributed by atoms with Crippen molar-refractivity contribution in [2.24, 2.45) is 0 Å². The first kappa shape index (κ1) is 20.2. The Hall–Kier alpha value is -2.76. The summed E-state index contributed by atoms with van der Waals surface area (Å²) in [6.45, 7) is 1.04. The van der Waals surface area contributed by atoms with Crippen molar-refractivity contribution in [1.82, 2.24) is 4.57 Å². The maximum Gasteiger partial charge on any atom is 0.335 e. The van der Waals surface area contributed by atoms with Crippen molar-refractivity contribution in [3.8, 4) is 0 Å². The molecule has 0 fully saturated rings. The predicted octanol–water partition coefficient (Wildman–Crippen LogP) is 4.67. The number of benzene rings is 2. The standard InChI is InChI=1S/C24H20Cl2N2O3/c25-18-12-17-21(13-28-19-4-2-1-3-16(19)11-20(28)22(17)26)27(23(18)29)10-9-14-5-7-15(8-6-14)24(30)31/h1-8,12,20,22H,9-11,13H2,(H,30,31). The zero-order chi connectivity index (χ0) is 21.7. The van der Waals surface area contributed by atoms with Crippen LogP contribution < -0.4 is 10.5 Å². The normalized spacial score (nSPS) is 19.0. The summed E-state index contributed by atoms with van der Waals surface area (Å²) in [6, 6.07) is 16.9. The van der Waals surface area contributed by atoms with Gasteiger partial charge in [0.1, 0.15) is 5.02 Å². The largest absolute Gasteiger partial charge is 0.478 e. The van der Waals surface area contributed by atoms with Gasteiger partial charge in [-0.3, -0.25) is 4.79 Å². The molecule has 5 rings (SSSR count). The number of aryl methyl sites for hydroxylation is 1. The van der Waals surface area contributed by atoms with Gasteiger partial charge in [-0.15, -0.1) is 11.6 Å². The van der Waals surface area contributed by atoms with Gasteiger partial charge in [0.25, 0.3) is 5.56 Å². The topological polar surface area (TPSA) is 62.5 Å². The molecular weight excluding hydrogens is 435 g/mol. The first-order chi connectivity index (χ1) is 14.9. The molecule has 0 bridgehead atoms. The number of pyridine rings is 1. The molecule has 0 saturated carbocycles. The van der Waals surface area contributed by atoms with Gasteiger partial charge in [0.15, 0.2) is 0 Å². The van der Waals surface area contributed by atoms with Crippen molar-refractivity contribution >= 4 is 34.9 Å². The molecule has 2 aliphatic rings. The van der Waals surface area contributed by atoms with E-state index in [1.807, 2.05) is 12.1 Å². The van der Waals surface area contributed by atoms with E-state index in [1.165, 1.54) is 11.3 Å². The molecule has 0 radical (unpaired) electrons. The van der Waals surface area contributed by atoms with Crippen molar-refractivity contribution in [2.45, 2.75) is 37.4 Å². The molecule has 2 atom stereocenters. The van der Waals surface area contributed by atoms with Crippen molar-refractivity contribution in [1.29, 1.82) is 0 Å². The third-order valence-electron chi connectivity index (χ3n) is 6.30. The molecule has 0 saturated heterocycles. The summed E-state index contributed by atoms with van der Waals surface area (Å²) in [4.78, 5) is 26.3. The van der Waals surface area contributed by atoms with Crippen molar-refractivity contribution in [3.63, 3.8) is 0 Å². The quantitative estimate of drug-likeness (QED) is 0.581. The number of para-hydroxylation sites is 1. The summed E-state index contributed by atoms with van der Waals surface area (Å²) in [7, 11) is 0. The van der Waals surface area contributed by atoms with Crippen LogP contribution in [0.5, 0.6) is 0 Å². The lowest BCUT2D eigenvalue weighted by Crippen LogP contribution is -2.43. The lowest BCUT2D eigenvalue weighted by Gasteiger charge is -2.38. The molecular formula is C24H20Cl2N2O3. The number of nitrogens with zero attached hydrogens (tertiary/aromatic N) is 2. The second-order valence-electron chi connectivity index (χ2n) is 8.03. The summed E-state index contributed by atoms with van der Waals surface area (Å²) < 4.78 is 1.73. The van der Waals surface area contributed by atoms with Gasteiger partial charge in [0.05, 0.1) is 23.5 Å². The van der Waals surface area contributed by atoms with Crippen LogP contribution in [-0.4, -0.2) is 21.7 Å². The average molecular weight is 455 g/mol. The minimum Gasteiger partial charge on any atom is -0.478 e. The first-order valence-electron chi connectivity index (χ1n) is 10.2. The smallest absolute Gasteiger partial charge is 0.335 e. The molecule has 31 heavy (non-hydrogen) atoms. The molecule has 7 heteroatoms. The van der Waals surface area contributed by atoms with Crippen LogP contribution in [0.2, 0.25) is 5.02 Å². The number of anilines is 1. The molecule has 3 aromatic rings. The van der Waals surface area contributed by atoms with E-state index in [9.17, 15) is 9.59 Å². The van der Waals surface area contributed by atoms with Crippen LogP contribution in [0.25, 0.3) is 0 Å². The number of hydrogen-bond donors (Lipinski definition) is 1. The van der Waals surface area contributed by atoms with Crippen LogP contribution in [0, 0.1) is 0 Å². The van der Waals surface area contributed by atoms with Gasteiger partial charge in [-0.2, -0.15) is 0 Å². The fraction of sp³-hybridized carbons (Fsp3) is 0.250. The highest BCUT2D eigenvalue weighted by Crippen LogP contribution is 2.45. The van der Waals surface area contributed by atoms with E-state index in [0.717, 1.165) is 23.2 Å². The van der Waals surface area contributed by atoms with E-state index in [-0.39, 0.29) is 27.6 Å². The summed E-state index contributed by atoms with van der Waals surface area (Å²) in [6.07, 6.45) is 1.45. The minimum absolute atomic E-state index is 0.136. The van der Waals surface area contributed by atoms with Crippen LogP contribution in [0.3, 0.4) is 0 Å². The van der Waals surface area contributed by atoms with Gasteiger partial charge in [-0.1, -0.05) is 41.9 Å². The summed E-state index contributed by atoms with van der Waals surface area (Å²) >= 11 is 13.2. The highest BCUT2D eigenvalue weighted by atomic mass is 35.5. The fourth-order valence-corrected chi connectivity index (χ4v) is 5.34.